The number of hydrogen-bond acceptors (Lipinski definition) is 4. The van der Waals surface area contributed by atoms with E-state index in [1.165, 1.54) is 0 Å². The van der Waals surface area contributed by atoms with Crippen LogP contribution in [0.25, 0.3) is 0 Å². The zero-order valence-electron chi connectivity index (χ0n) is 10.9. The van der Waals surface area contributed by atoms with E-state index in [4.69, 9.17) is 14.7 Å². The van der Waals surface area contributed by atoms with E-state index in [1.807, 2.05) is 0 Å². The number of rotatable bonds is 4. The largest absolute Gasteiger partial charge is 0.466 e. The minimum Gasteiger partial charge on any atom is -0.466 e. The molecule has 0 saturated heterocycles. The van der Waals surface area contributed by atoms with E-state index in [2.05, 4.69) is 13.0 Å². The van der Waals surface area contributed by atoms with Gasteiger partial charge >= 0.3 is 5.97 Å². The van der Waals surface area contributed by atoms with Crippen molar-refractivity contribution in [1.29, 1.82) is 5.26 Å². The predicted octanol–water partition coefficient (Wildman–Crippen LogP) is 2.43. The van der Waals surface area contributed by atoms with Crippen molar-refractivity contribution in [2.75, 3.05) is 13.7 Å². The summed E-state index contributed by atoms with van der Waals surface area (Å²) in [6.45, 7) is 4.21. The summed E-state index contributed by atoms with van der Waals surface area (Å²) in [5.74, 6) is -0.222. The lowest BCUT2D eigenvalue weighted by atomic mass is 9.67. The van der Waals surface area contributed by atoms with Gasteiger partial charge in [0.05, 0.1) is 30.1 Å². The second kappa shape index (κ2) is 5.50. The molecule has 4 heteroatoms. The Morgan fingerprint density at radius 3 is 2.35 bits per heavy atom. The van der Waals surface area contributed by atoms with Crippen molar-refractivity contribution in [3.63, 3.8) is 0 Å². The monoisotopic (exact) mass is 239 g/mol. The highest BCUT2D eigenvalue weighted by molar-refractivity contribution is 5.77. The van der Waals surface area contributed by atoms with E-state index < -0.39 is 5.41 Å². The maximum atomic E-state index is 12.0. The summed E-state index contributed by atoms with van der Waals surface area (Å²) in [4.78, 5) is 12.0. The molecule has 4 nitrogen and oxygen atoms in total. The number of carbonyl (C=O) groups is 1. The minimum absolute atomic E-state index is 0.161. The van der Waals surface area contributed by atoms with Gasteiger partial charge in [0.25, 0.3) is 0 Å². The molecule has 0 spiro atoms. The van der Waals surface area contributed by atoms with Crippen molar-refractivity contribution in [1.82, 2.24) is 0 Å². The third-order valence-corrected chi connectivity index (χ3v) is 3.88. The van der Waals surface area contributed by atoms with Crippen LogP contribution in [0.1, 0.15) is 46.0 Å². The lowest BCUT2D eigenvalue weighted by molar-refractivity contribution is -0.161. The number of methoxy groups -OCH3 is 1. The highest BCUT2D eigenvalue weighted by atomic mass is 16.5. The SMILES string of the molecule is CCOC(=O)C1(CC#N)CCC(C)(OC)CC1. The average molecular weight is 239 g/mol. The number of nitriles is 1. The number of hydrogen-bond donors (Lipinski definition) is 0. The van der Waals surface area contributed by atoms with Crippen molar-refractivity contribution in [3.8, 4) is 6.07 Å². The van der Waals surface area contributed by atoms with Gasteiger partial charge in [0.2, 0.25) is 0 Å². The summed E-state index contributed by atoms with van der Waals surface area (Å²) in [5, 5.41) is 8.90. The van der Waals surface area contributed by atoms with Gasteiger partial charge in [-0.15, -0.1) is 0 Å². The van der Waals surface area contributed by atoms with E-state index in [9.17, 15) is 4.79 Å². The molecule has 1 saturated carbocycles. The van der Waals surface area contributed by atoms with Crippen LogP contribution in [0.3, 0.4) is 0 Å². The maximum absolute atomic E-state index is 12.0. The third-order valence-electron chi connectivity index (χ3n) is 3.88. The Bertz CT molecular complexity index is 311. The molecular weight excluding hydrogens is 218 g/mol. The molecule has 0 atom stereocenters. The lowest BCUT2D eigenvalue weighted by Crippen LogP contribution is -2.43. The zero-order valence-corrected chi connectivity index (χ0v) is 10.9. The highest BCUT2D eigenvalue weighted by Crippen LogP contribution is 2.45. The fraction of sp³-hybridized carbons (Fsp3) is 0.846. The molecule has 0 N–H and O–H groups in total. The maximum Gasteiger partial charge on any atom is 0.313 e. The standard InChI is InChI=1S/C13H21NO3/c1-4-17-11(15)13(9-10-14)7-5-12(2,16-3)6-8-13/h4-9H2,1-3H3. The van der Waals surface area contributed by atoms with Gasteiger partial charge in [-0.1, -0.05) is 0 Å². The van der Waals surface area contributed by atoms with E-state index in [1.54, 1.807) is 14.0 Å². The van der Waals surface area contributed by atoms with Gasteiger partial charge < -0.3 is 9.47 Å². The van der Waals surface area contributed by atoms with E-state index >= 15 is 0 Å². The summed E-state index contributed by atoms with van der Waals surface area (Å²) in [6.07, 6.45) is 3.17. The van der Waals surface area contributed by atoms with Crippen LogP contribution in [-0.4, -0.2) is 25.3 Å². The fourth-order valence-corrected chi connectivity index (χ4v) is 2.35. The van der Waals surface area contributed by atoms with Crippen LogP contribution in [-0.2, 0) is 14.3 Å². The number of carbonyl (C=O) groups excluding carboxylic acids is 1. The second-order valence-corrected chi connectivity index (χ2v) is 4.99. The predicted molar refractivity (Wildman–Crippen MR) is 63.2 cm³/mol. The molecule has 1 aliphatic carbocycles. The topological polar surface area (TPSA) is 59.3 Å². The first-order valence-corrected chi connectivity index (χ1v) is 6.11. The molecule has 1 fully saturated rings. The first kappa shape index (κ1) is 14.0. The Morgan fingerprint density at radius 1 is 1.35 bits per heavy atom. The molecule has 1 aliphatic rings. The van der Waals surface area contributed by atoms with Crippen molar-refractivity contribution in [2.24, 2.45) is 5.41 Å². The van der Waals surface area contributed by atoms with Crippen molar-refractivity contribution < 1.29 is 14.3 Å². The Balaban J connectivity index is 2.77. The fourth-order valence-electron chi connectivity index (χ4n) is 2.35. The number of esters is 1. The van der Waals surface area contributed by atoms with Gasteiger partial charge in [0, 0.05) is 7.11 Å². The van der Waals surface area contributed by atoms with Crippen molar-refractivity contribution >= 4 is 5.97 Å². The Morgan fingerprint density at radius 2 is 1.94 bits per heavy atom. The second-order valence-electron chi connectivity index (χ2n) is 4.99. The summed E-state index contributed by atoms with van der Waals surface area (Å²) in [6, 6.07) is 2.12. The molecule has 0 heterocycles. The van der Waals surface area contributed by atoms with Crippen LogP contribution >= 0.6 is 0 Å². The molecule has 96 valence electrons. The number of ether oxygens (including phenoxy) is 2. The van der Waals surface area contributed by atoms with Gasteiger partial charge in [-0.3, -0.25) is 4.79 Å². The summed E-state index contributed by atoms with van der Waals surface area (Å²) in [5.41, 5.74) is -0.770. The van der Waals surface area contributed by atoms with E-state index in [0.29, 0.717) is 19.4 Å². The molecular formula is C13H21NO3. The molecule has 1 rings (SSSR count). The Labute approximate surface area is 103 Å². The first-order chi connectivity index (χ1) is 8.02. The van der Waals surface area contributed by atoms with Gasteiger partial charge in [-0.25, -0.2) is 0 Å². The van der Waals surface area contributed by atoms with Crippen LogP contribution < -0.4 is 0 Å². The summed E-state index contributed by atoms with van der Waals surface area (Å²) >= 11 is 0. The van der Waals surface area contributed by atoms with E-state index in [0.717, 1.165) is 12.8 Å². The van der Waals surface area contributed by atoms with Crippen LogP contribution in [0.4, 0.5) is 0 Å². The molecule has 0 radical (unpaired) electrons. The zero-order chi connectivity index (χ0) is 12.9. The summed E-state index contributed by atoms with van der Waals surface area (Å²) < 4.78 is 10.6. The van der Waals surface area contributed by atoms with E-state index in [-0.39, 0.29) is 18.0 Å². The van der Waals surface area contributed by atoms with Gasteiger partial charge in [-0.2, -0.15) is 5.26 Å². The van der Waals surface area contributed by atoms with Crippen LogP contribution in [0.2, 0.25) is 0 Å². The van der Waals surface area contributed by atoms with Crippen molar-refractivity contribution in [2.45, 2.75) is 51.6 Å². The molecule has 0 aromatic heterocycles. The highest BCUT2D eigenvalue weighted by Gasteiger charge is 2.46. The molecule has 0 aromatic carbocycles. The van der Waals surface area contributed by atoms with Gasteiger partial charge in [-0.05, 0) is 39.5 Å². The third kappa shape index (κ3) is 2.98. The Hall–Kier alpha value is -1.08. The Kier molecular flexibility index (Phi) is 4.53. The quantitative estimate of drug-likeness (QED) is 0.707. The molecule has 0 bridgehead atoms. The van der Waals surface area contributed by atoms with Gasteiger partial charge in [0.1, 0.15) is 0 Å². The van der Waals surface area contributed by atoms with Crippen LogP contribution in [0.5, 0.6) is 0 Å². The average Bonchev–Trinajstić information content (AvgIpc) is 2.33. The minimum atomic E-state index is -0.608. The number of nitrogens with zero attached hydrogens (tertiary/aromatic N) is 1. The van der Waals surface area contributed by atoms with Crippen LogP contribution in [0.15, 0.2) is 0 Å². The van der Waals surface area contributed by atoms with Gasteiger partial charge in [0.15, 0.2) is 0 Å². The molecule has 0 aliphatic heterocycles. The molecule has 17 heavy (non-hydrogen) atoms. The molecule has 0 aromatic rings. The molecule has 0 unspecified atom stereocenters. The smallest absolute Gasteiger partial charge is 0.313 e. The lowest BCUT2D eigenvalue weighted by Gasteiger charge is -2.41. The summed E-state index contributed by atoms with van der Waals surface area (Å²) in [7, 11) is 1.70. The van der Waals surface area contributed by atoms with Crippen molar-refractivity contribution in [3.05, 3.63) is 0 Å². The van der Waals surface area contributed by atoms with Crippen LogP contribution in [0, 0.1) is 16.7 Å². The first-order valence-electron chi connectivity index (χ1n) is 6.11. The normalized spacial score (nSPS) is 32.8. The molecule has 0 amide bonds.